The Morgan fingerprint density at radius 3 is 2.62 bits per heavy atom. The number of unbranched alkanes of at least 4 members (excludes halogenated alkanes) is 1. The van der Waals surface area contributed by atoms with Crippen molar-refractivity contribution in [3.63, 3.8) is 0 Å². The number of amides is 3. The summed E-state index contributed by atoms with van der Waals surface area (Å²) in [4.78, 5) is 39.2. The zero-order valence-corrected chi connectivity index (χ0v) is 21.0. The molecule has 4 rings (SSSR count). The van der Waals surface area contributed by atoms with Gasteiger partial charge in [0, 0.05) is 17.4 Å². The Kier molecular flexibility index (Phi) is 8.56. The fraction of sp³-hybridized carbons (Fsp3) is 0.423. The highest BCUT2D eigenvalue weighted by Gasteiger charge is 2.29. The minimum Gasteiger partial charge on any atom is -0.456 e. The van der Waals surface area contributed by atoms with Crippen LogP contribution in [-0.2, 0) is 20.7 Å². The van der Waals surface area contributed by atoms with Gasteiger partial charge in [-0.05, 0) is 54.9 Å². The van der Waals surface area contributed by atoms with E-state index >= 15 is 0 Å². The summed E-state index contributed by atoms with van der Waals surface area (Å²) in [5.41, 5.74) is 3.58. The summed E-state index contributed by atoms with van der Waals surface area (Å²) in [6.07, 6.45) is 5.15. The van der Waals surface area contributed by atoms with Crippen LogP contribution < -0.4 is 10.2 Å². The number of carbonyl (C=O) groups is 3. The number of esters is 1. The zero-order chi connectivity index (χ0) is 23.9. The van der Waals surface area contributed by atoms with Crippen LogP contribution in [0.15, 0.2) is 48.5 Å². The van der Waals surface area contributed by atoms with Crippen molar-refractivity contribution in [1.82, 2.24) is 5.32 Å². The molecule has 8 heteroatoms. The third-order valence-corrected chi connectivity index (χ3v) is 9.17. The molecule has 2 aromatic carbocycles. The molecular weight excluding hydrogens is 468 g/mol. The van der Waals surface area contributed by atoms with Gasteiger partial charge in [0.05, 0.1) is 11.4 Å². The molecule has 2 aliphatic rings. The number of benzene rings is 2. The van der Waals surface area contributed by atoms with Crippen LogP contribution in [0.4, 0.5) is 16.2 Å². The fourth-order valence-corrected chi connectivity index (χ4v) is 7.46. The molecule has 2 aliphatic heterocycles. The number of fused-ring (bicyclic) bond motifs is 2. The van der Waals surface area contributed by atoms with Gasteiger partial charge < -0.3 is 4.74 Å². The van der Waals surface area contributed by atoms with Gasteiger partial charge in [0.2, 0.25) is 0 Å². The van der Waals surface area contributed by atoms with E-state index in [1.54, 1.807) is 4.90 Å². The van der Waals surface area contributed by atoms with Crippen LogP contribution in [0, 0.1) is 0 Å². The van der Waals surface area contributed by atoms with Crippen LogP contribution in [-0.4, -0.2) is 35.5 Å². The summed E-state index contributed by atoms with van der Waals surface area (Å²) in [7, 11) is 3.85. The number of nitrogens with zero attached hydrogens (tertiary/aromatic N) is 1. The molecule has 0 saturated carbocycles. The van der Waals surface area contributed by atoms with E-state index in [1.807, 2.05) is 70.1 Å². The summed E-state index contributed by atoms with van der Waals surface area (Å²) in [5.74, 6) is 0.386. The Morgan fingerprint density at radius 2 is 1.82 bits per heavy atom. The van der Waals surface area contributed by atoms with Gasteiger partial charge in [-0.3, -0.25) is 19.8 Å². The van der Waals surface area contributed by atoms with Crippen LogP contribution >= 0.6 is 21.6 Å². The van der Waals surface area contributed by atoms with Crippen LogP contribution in [0.3, 0.4) is 0 Å². The van der Waals surface area contributed by atoms with E-state index < -0.39 is 24.5 Å². The van der Waals surface area contributed by atoms with E-state index in [4.69, 9.17) is 4.74 Å². The van der Waals surface area contributed by atoms with Gasteiger partial charge in [-0.25, -0.2) is 4.79 Å². The lowest BCUT2D eigenvalue weighted by atomic mass is 9.94. The van der Waals surface area contributed by atoms with Gasteiger partial charge in [-0.2, -0.15) is 0 Å². The summed E-state index contributed by atoms with van der Waals surface area (Å²) < 4.78 is 5.11. The molecule has 2 heterocycles. The molecule has 2 atom stereocenters. The predicted molar refractivity (Wildman–Crippen MR) is 139 cm³/mol. The van der Waals surface area contributed by atoms with E-state index in [1.165, 1.54) is 12.2 Å². The molecule has 0 bridgehead atoms. The standard InChI is InChI=1S/C26H30N2O4S2/c1-18-16-19-8-2-5-11-22(19)28(23-12-6-4-10-21(18)23)26(31)27-24(29)17-32-25(30)13-7-3-9-20-14-15-33-34-20/h2,4-6,8,10-12,18,20H,3,7,9,13-17H2,1H3,(H,27,29,31). The lowest BCUT2D eigenvalue weighted by molar-refractivity contribution is -0.148. The van der Waals surface area contributed by atoms with Crippen molar-refractivity contribution in [3.8, 4) is 0 Å². The highest BCUT2D eigenvalue weighted by Crippen LogP contribution is 2.41. The molecule has 0 radical (unpaired) electrons. The van der Waals surface area contributed by atoms with E-state index in [9.17, 15) is 14.4 Å². The first-order valence-electron chi connectivity index (χ1n) is 11.8. The number of hydrogen-bond donors (Lipinski definition) is 1. The molecule has 1 fully saturated rings. The largest absolute Gasteiger partial charge is 0.456 e. The number of imide groups is 1. The van der Waals surface area contributed by atoms with Crippen molar-refractivity contribution in [1.29, 1.82) is 0 Å². The second-order valence-electron chi connectivity index (χ2n) is 8.72. The summed E-state index contributed by atoms with van der Waals surface area (Å²) in [5, 5.41) is 3.09. The van der Waals surface area contributed by atoms with Crippen molar-refractivity contribution < 1.29 is 19.1 Å². The van der Waals surface area contributed by atoms with Gasteiger partial charge in [-0.15, -0.1) is 0 Å². The average Bonchev–Trinajstić information content (AvgIpc) is 3.31. The van der Waals surface area contributed by atoms with Crippen LogP contribution in [0.2, 0.25) is 0 Å². The molecule has 6 nitrogen and oxygen atoms in total. The van der Waals surface area contributed by atoms with E-state index in [0.29, 0.717) is 5.25 Å². The Labute approximate surface area is 208 Å². The maximum absolute atomic E-state index is 13.2. The quantitative estimate of drug-likeness (QED) is 0.288. The Bertz CT molecular complexity index is 1040. The Morgan fingerprint density at radius 1 is 1.06 bits per heavy atom. The Hall–Kier alpha value is -2.45. The number of ether oxygens (including phenoxy) is 1. The molecule has 180 valence electrons. The van der Waals surface area contributed by atoms with Crippen LogP contribution in [0.5, 0.6) is 0 Å². The maximum atomic E-state index is 13.2. The smallest absolute Gasteiger partial charge is 0.333 e. The van der Waals surface area contributed by atoms with Gasteiger partial charge in [-0.1, -0.05) is 71.3 Å². The monoisotopic (exact) mass is 498 g/mol. The molecule has 1 N–H and O–H groups in total. The van der Waals surface area contributed by atoms with E-state index in [-0.39, 0.29) is 12.3 Å². The second-order valence-corrected chi connectivity index (χ2v) is 11.5. The van der Waals surface area contributed by atoms with Crippen molar-refractivity contribution in [2.45, 2.75) is 56.6 Å². The Balaban J connectivity index is 1.32. The zero-order valence-electron chi connectivity index (χ0n) is 19.3. The highest BCUT2D eigenvalue weighted by atomic mass is 33.1. The van der Waals surface area contributed by atoms with Gasteiger partial charge in [0.1, 0.15) is 0 Å². The third-order valence-electron chi connectivity index (χ3n) is 6.17. The summed E-state index contributed by atoms with van der Waals surface area (Å²) in [6, 6.07) is 14.9. The summed E-state index contributed by atoms with van der Waals surface area (Å²) >= 11 is 0. The number of carbonyl (C=O) groups excluding carboxylic acids is 3. The molecule has 0 aromatic heterocycles. The predicted octanol–water partition coefficient (Wildman–Crippen LogP) is 5.98. The third kappa shape index (κ3) is 6.16. The molecule has 1 saturated heterocycles. The molecule has 0 aliphatic carbocycles. The average molecular weight is 499 g/mol. The first-order chi connectivity index (χ1) is 16.5. The highest BCUT2D eigenvalue weighted by molar-refractivity contribution is 8.77. The van der Waals surface area contributed by atoms with Crippen molar-refractivity contribution in [2.24, 2.45) is 0 Å². The number of nitrogens with one attached hydrogen (secondary N) is 1. The summed E-state index contributed by atoms with van der Waals surface area (Å²) in [6.45, 7) is 1.67. The maximum Gasteiger partial charge on any atom is 0.333 e. The number of para-hydroxylation sites is 2. The molecule has 2 aromatic rings. The normalized spacial score (nSPS) is 19.0. The van der Waals surface area contributed by atoms with Crippen molar-refractivity contribution >= 4 is 50.9 Å². The topological polar surface area (TPSA) is 75.7 Å². The number of urea groups is 1. The van der Waals surface area contributed by atoms with Gasteiger partial charge >= 0.3 is 12.0 Å². The molecule has 34 heavy (non-hydrogen) atoms. The minimum atomic E-state index is -0.634. The molecule has 0 spiro atoms. The molecule has 2 unspecified atom stereocenters. The van der Waals surface area contributed by atoms with Crippen LogP contribution in [0.1, 0.15) is 56.1 Å². The second kappa shape index (κ2) is 11.8. The molecule has 3 amide bonds. The first-order valence-corrected chi connectivity index (χ1v) is 14.2. The van der Waals surface area contributed by atoms with Gasteiger partial charge in [0.25, 0.3) is 5.91 Å². The van der Waals surface area contributed by atoms with Crippen molar-refractivity contribution in [3.05, 3.63) is 59.7 Å². The lowest BCUT2D eigenvalue weighted by Gasteiger charge is -2.25. The molecular formula is C26H30N2O4S2. The van der Waals surface area contributed by atoms with E-state index in [2.05, 4.69) is 12.2 Å². The fourth-order valence-electron chi connectivity index (χ4n) is 4.43. The number of anilines is 2. The number of rotatable bonds is 7. The van der Waals surface area contributed by atoms with E-state index in [0.717, 1.165) is 48.2 Å². The minimum absolute atomic E-state index is 0.220. The lowest BCUT2D eigenvalue weighted by Crippen LogP contribution is -2.42. The first kappa shape index (κ1) is 24.7. The SMILES string of the molecule is CC1Cc2ccccc2N(C(=O)NC(=O)COC(=O)CCCCC2CCSS2)c2ccccc21. The number of hydrogen-bond acceptors (Lipinski definition) is 6. The van der Waals surface area contributed by atoms with Crippen molar-refractivity contribution in [2.75, 3.05) is 17.3 Å². The van der Waals surface area contributed by atoms with Crippen LogP contribution in [0.25, 0.3) is 0 Å². The van der Waals surface area contributed by atoms with Gasteiger partial charge in [0.15, 0.2) is 6.61 Å².